The molecule has 0 aliphatic rings. The molecule has 3 N–H and O–H groups in total. The molecule has 0 aliphatic heterocycles. The Morgan fingerprint density at radius 2 is 1.59 bits per heavy atom. The van der Waals surface area contributed by atoms with Crippen molar-refractivity contribution in [2.24, 2.45) is 5.92 Å². The van der Waals surface area contributed by atoms with Gasteiger partial charge in [-0.3, -0.25) is 0 Å². The molecule has 172 valence electrons. The molecule has 2 atom stereocenters. The summed E-state index contributed by atoms with van der Waals surface area (Å²) in [7, 11) is 0. The first-order valence-corrected chi connectivity index (χ1v) is 11.5. The van der Waals surface area contributed by atoms with Gasteiger partial charge in [0.15, 0.2) is 0 Å². The molecule has 3 aromatic rings. The van der Waals surface area contributed by atoms with Crippen LogP contribution >= 0.6 is 0 Å². The summed E-state index contributed by atoms with van der Waals surface area (Å²) >= 11 is 0. The van der Waals surface area contributed by atoms with Crippen LogP contribution < -0.4 is 11.1 Å². The smallest absolute Gasteiger partial charge is 0.232 e. The lowest BCUT2D eigenvalue weighted by atomic mass is 9.93. The van der Waals surface area contributed by atoms with Crippen molar-refractivity contribution in [3.63, 3.8) is 0 Å². The van der Waals surface area contributed by atoms with Gasteiger partial charge in [0.2, 0.25) is 11.9 Å². The van der Waals surface area contributed by atoms with E-state index in [0.29, 0.717) is 23.9 Å². The van der Waals surface area contributed by atoms with Crippen LogP contribution in [0.15, 0.2) is 54.6 Å². The number of rotatable bonds is 9. The second kappa shape index (κ2) is 13.4. The van der Waals surface area contributed by atoms with E-state index in [1.807, 2.05) is 6.92 Å². The number of halogens is 1. The molecule has 3 rings (SSSR count). The molecule has 0 saturated heterocycles. The monoisotopic (exact) mass is 437 g/mol. The highest BCUT2D eigenvalue weighted by molar-refractivity contribution is 5.53. The second-order valence-corrected chi connectivity index (χ2v) is 8.17. The number of aryl methyl sites for hydroxylation is 1. The van der Waals surface area contributed by atoms with Crippen molar-refractivity contribution < 1.29 is 4.39 Å². The second-order valence-electron chi connectivity index (χ2n) is 8.17. The van der Waals surface area contributed by atoms with E-state index < -0.39 is 0 Å². The number of hydrogen-bond donors (Lipinski definition) is 2. The lowest BCUT2D eigenvalue weighted by molar-refractivity contribution is 0.469. The molecule has 5 nitrogen and oxygen atoms in total. The lowest BCUT2D eigenvalue weighted by Crippen LogP contribution is -2.06. The van der Waals surface area contributed by atoms with E-state index in [1.165, 1.54) is 43.4 Å². The van der Waals surface area contributed by atoms with Gasteiger partial charge in [-0.1, -0.05) is 77.3 Å². The molecular formula is C26H36FN5. The Hall–Kier alpha value is -3.02. The average molecular weight is 438 g/mol. The highest BCUT2D eigenvalue weighted by atomic mass is 19.1. The molecule has 0 amide bonds. The molecular weight excluding hydrogens is 401 g/mol. The van der Waals surface area contributed by atoms with E-state index in [9.17, 15) is 4.39 Å². The molecule has 6 heteroatoms. The maximum Gasteiger partial charge on any atom is 0.232 e. The zero-order chi connectivity index (χ0) is 23.3. The number of benzene rings is 2. The van der Waals surface area contributed by atoms with Crippen LogP contribution in [0.2, 0.25) is 0 Å². The molecule has 0 spiro atoms. The maximum absolute atomic E-state index is 12.7. The zero-order valence-electron chi connectivity index (χ0n) is 19.7. The van der Waals surface area contributed by atoms with Crippen LogP contribution in [0.1, 0.15) is 70.7 Å². The molecule has 0 aliphatic carbocycles. The van der Waals surface area contributed by atoms with Crippen molar-refractivity contribution >= 4 is 17.6 Å². The summed E-state index contributed by atoms with van der Waals surface area (Å²) < 4.78 is 12.7. The number of hydrogen-bond acceptors (Lipinski definition) is 5. The van der Waals surface area contributed by atoms with Crippen molar-refractivity contribution in [1.29, 1.82) is 0 Å². The standard InChI is InChI=1S/C15H24.C11H12FN5/c1-4-13(2)9-8-10-14(3)15-11-6-5-7-12-15;1-2-9-15-10(13)17-11(16-9)14-8-5-3-7(12)4-6-8/h5-7,11-14H,4,8-10H2,1-3H3;3-6H,2H2,1H3,(H3,13,14,15,16,17). The van der Waals surface area contributed by atoms with Crippen LogP contribution in [0.25, 0.3) is 0 Å². The Labute approximate surface area is 191 Å². The fraction of sp³-hybridized carbons (Fsp3) is 0.423. The Morgan fingerprint density at radius 1 is 0.906 bits per heavy atom. The minimum Gasteiger partial charge on any atom is -0.368 e. The topological polar surface area (TPSA) is 76.7 Å². The fourth-order valence-electron chi connectivity index (χ4n) is 3.24. The van der Waals surface area contributed by atoms with Crippen molar-refractivity contribution in [3.8, 4) is 0 Å². The molecule has 0 radical (unpaired) electrons. The predicted molar refractivity (Wildman–Crippen MR) is 131 cm³/mol. The highest BCUT2D eigenvalue weighted by Crippen LogP contribution is 2.23. The van der Waals surface area contributed by atoms with Crippen LogP contribution in [0.3, 0.4) is 0 Å². The quantitative estimate of drug-likeness (QED) is 0.380. The van der Waals surface area contributed by atoms with Crippen molar-refractivity contribution in [1.82, 2.24) is 15.0 Å². The van der Waals surface area contributed by atoms with Gasteiger partial charge in [0.25, 0.3) is 0 Å². The third-order valence-corrected chi connectivity index (χ3v) is 5.52. The van der Waals surface area contributed by atoms with Crippen molar-refractivity contribution in [2.75, 3.05) is 11.1 Å². The predicted octanol–water partition coefficient (Wildman–Crippen LogP) is 6.91. The van der Waals surface area contributed by atoms with Crippen LogP contribution in [0.4, 0.5) is 22.0 Å². The van der Waals surface area contributed by atoms with Gasteiger partial charge in [0.05, 0.1) is 0 Å². The van der Waals surface area contributed by atoms with Crippen LogP contribution in [-0.2, 0) is 6.42 Å². The maximum atomic E-state index is 12.7. The van der Waals surface area contributed by atoms with Gasteiger partial charge in [-0.15, -0.1) is 0 Å². The molecule has 0 bridgehead atoms. The van der Waals surface area contributed by atoms with E-state index >= 15 is 0 Å². The summed E-state index contributed by atoms with van der Waals surface area (Å²) in [6.45, 7) is 8.90. The van der Waals surface area contributed by atoms with Gasteiger partial charge in [-0.2, -0.15) is 15.0 Å². The van der Waals surface area contributed by atoms with E-state index in [-0.39, 0.29) is 11.8 Å². The third-order valence-electron chi connectivity index (χ3n) is 5.52. The first-order chi connectivity index (χ1) is 15.4. The average Bonchev–Trinajstić information content (AvgIpc) is 2.81. The Kier molecular flexibility index (Phi) is 10.6. The summed E-state index contributed by atoms with van der Waals surface area (Å²) in [5.41, 5.74) is 7.73. The number of aromatic nitrogens is 3. The fourth-order valence-corrected chi connectivity index (χ4v) is 3.24. The summed E-state index contributed by atoms with van der Waals surface area (Å²) in [6.07, 6.45) is 6.07. The molecule has 2 aromatic carbocycles. The number of nitrogens with two attached hydrogens (primary N) is 1. The molecule has 0 saturated carbocycles. The first-order valence-electron chi connectivity index (χ1n) is 11.5. The Balaban J connectivity index is 0.000000229. The minimum atomic E-state index is -0.292. The summed E-state index contributed by atoms with van der Waals surface area (Å²) in [6, 6.07) is 16.8. The van der Waals surface area contributed by atoms with E-state index in [2.05, 4.69) is 71.4 Å². The largest absolute Gasteiger partial charge is 0.368 e. The van der Waals surface area contributed by atoms with Gasteiger partial charge >= 0.3 is 0 Å². The molecule has 0 fully saturated rings. The highest BCUT2D eigenvalue weighted by Gasteiger charge is 2.06. The van der Waals surface area contributed by atoms with E-state index in [4.69, 9.17) is 5.73 Å². The normalized spacial score (nSPS) is 12.4. The van der Waals surface area contributed by atoms with Gasteiger partial charge in [0.1, 0.15) is 11.6 Å². The molecule has 1 aromatic heterocycles. The minimum absolute atomic E-state index is 0.168. The van der Waals surface area contributed by atoms with E-state index in [0.717, 1.165) is 11.8 Å². The van der Waals surface area contributed by atoms with Crippen LogP contribution in [0, 0.1) is 11.7 Å². The molecule has 1 heterocycles. The van der Waals surface area contributed by atoms with Gasteiger partial charge in [-0.05, 0) is 48.1 Å². The number of nitrogens with zero attached hydrogens (tertiary/aromatic N) is 3. The first kappa shape index (κ1) is 25.2. The Morgan fingerprint density at radius 3 is 2.22 bits per heavy atom. The Bertz CT molecular complexity index is 915. The van der Waals surface area contributed by atoms with Crippen molar-refractivity contribution in [2.45, 2.75) is 65.7 Å². The lowest BCUT2D eigenvalue weighted by Gasteiger charge is -2.13. The number of nitrogen functional groups attached to an aromatic ring is 1. The molecule has 32 heavy (non-hydrogen) atoms. The SMILES string of the molecule is CCC(C)CCCC(C)c1ccccc1.CCc1nc(N)nc(Nc2ccc(F)cc2)n1. The van der Waals surface area contributed by atoms with Crippen molar-refractivity contribution in [3.05, 3.63) is 71.8 Å². The third kappa shape index (κ3) is 9.00. The van der Waals surface area contributed by atoms with Crippen LogP contribution in [0.5, 0.6) is 0 Å². The summed E-state index contributed by atoms with van der Waals surface area (Å²) in [5, 5.41) is 2.94. The number of anilines is 3. The summed E-state index contributed by atoms with van der Waals surface area (Å²) in [4.78, 5) is 12.1. The number of nitrogens with one attached hydrogen (secondary N) is 1. The van der Waals surface area contributed by atoms with E-state index in [1.54, 1.807) is 12.1 Å². The van der Waals surface area contributed by atoms with Crippen LogP contribution in [-0.4, -0.2) is 15.0 Å². The zero-order valence-corrected chi connectivity index (χ0v) is 19.7. The van der Waals surface area contributed by atoms with Gasteiger partial charge in [-0.25, -0.2) is 4.39 Å². The van der Waals surface area contributed by atoms with Gasteiger partial charge < -0.3 is 11.1 Å². The molecule has 2 unspecified atom stereocenters. The van der Waals surface area contributed by atoms with Gasteiger partial charge in [0, 0.05) is 12.1 Å². The summed E-state index contributed by atoms with van der Waals surface area (Å²) in [5.74, 6) is 2.47.